The number of esters is 1. The fraction of sp³-hybridized carbons (Fsp3) is 0.143. The molecule has 1 heterocycles. The molecular formula is C14H11Cl2NO3. The fourth-order valence-corrected chi connectivity index (χ4v) is 1.92. The molecule has 0 amide bonds. The van der Waals surface area contributed by atoms with Crippen LogP contribution in [0.1, 0.15) is 15.9 Å². The average Bonchev–Trinajstić information content (AvgIpc) is 2.45. The van der Waals surface area contributed by atoms with Crippen LogP contribution in [0.25, 0.3) is 0 Å². The van der Waals surface area contributed by atoms with Crippen molar-refractivity contribution in [3.63, 3.8) is 0 Å². The van der Waals surface area contributed by atoms with E-state index in [9.17, 15) is 4.79 Å². The summed E-state index contributed by atoms with van der Waals surface area (Å²) < 4.78 is 10.2. The Morgan fingerprint density at radius 3 is 2.75 bits per heavy atom. The van der Waals surface area contributed by atoms with Gasteiger partial charge in [-0.1, -0.05) is 35.3 Å². The number of carbonyl (C=O) groups is 1. The Balaban J connectivity index is 2.19. The molecule has 4 nitrogen and oxygen atoms in total. The minimum absolute atomic E-state index is 0.162. The Morgan fingerprint density at radius 2 is 2.05 bits per heavy atom. The highest BCUT2D eigenvalue weighted by molar-refractivity contribution is 6.31. The Kier molecular flexibility index (Phi) is 4.82. The van der Waals surface area contributed by atoms with Crippen LogP contribution in [0.4, 0.5) is 0 Å². The Morgan fingerprint density at radius 1 is 1.25 bits per heavy atom. The van der Waals surface area contributed by atoms with E-state index in [0.29, 0.717) is 27.2 Å². The summed E-state index contributed by atoms with van der Waals surface area (Å²) >= 11 is 11.6. The van der Waals surface area contributed by atoms with Crippen molar-refractivity contribution in [2.75, 3.05) is 7.11 Å². The molecule has 0 atom stereocenters. The highest BCUT2D eigenvalue weighted by Crippen LogP contribution is 2.19. The van der Waals surface area contributed by atoms with E-state index in [0.717, 1.165) is 0 Å². The largest absolute Gasteiger partial charge is 0.473 e. The third-order valence-electron chi connectivity index (χ3n) is 2.54. The van der Waals surface area contributed by atoms with Crippen molar-refractivity contribution < 1.29 is 14.3 Å². The van der Waals surface area contributed by atoms with E-state index in [2.05, 4.69) is 4.98 Å². The van der Waals surface area contributed by atoms with E-state index >= 15 is 0 Å². The van der Waals surface area contributed by atoms with Crippen LogP contribution in [0.3, 0.4) is 0 Å². The van der Waals surface area contributed by atoms with Crippen molar-refractivity contribution in [2.24, 2.45) is 0 Å². The highest BCUT2D eigenvalue weighted by atomic mass is 35.5. The maximum atomic E-state index is 11.7. The zero-order chi connectivity index (χ0) is 14.5. The van der Waals surface area contributed by atoms with Gasteiger partial charge in [-0.15, -0.1) is 0 Å². The summed E-state index contributed by atoms with van der Waals surface area (Å²) in [5, 5.41) is 0.793. The van der Waals surface area contributed by atoms with Gasteiger partial charge in [-0.2, -0.15) is 0 Å². The smallest absolute Gasteiger partial charge is 0.338 e. The lowest BCUT2D eigenvalue weighted by Crippen LogP contribution is -2.08. The number of pyridine rings is 1. The molecule has 0 spiro atoms. The number of nitrogens with zero attached hydrogens (tertiary/aromatic N) is 1. The van der Waals surface area contributed by atoms with Crippen LogP contribution in [0.15, 0.2) is 36.4 Å². The number of halogens is 2. The van der Waals surface area contributed by atoms with Gasteiger partial charge in [0, 0.05) is 16.7 Å². The van der Waals surface area contributed by atoms with Gasteiger partial charge in [0.05, 0.1) is 12.7 Å². The number of rotatable bonds is 4. The number of carbonyl (C=O) groups excluding carboxylic acids is 1. The van der Waals surface area contributed by atoms with E-state index in [1.807, 2.05) is 0 Å². The molecule has 0 aliphatic carbocycles. The highest BCUT2D eigenvalue weighted by Gasteiger charge is 2.13. The molecule has 0 aliphatic heterocycles. The third kappa shape index (κ3) is 3.62. The molecule has 0 saturated heterocycles. The maximum absolute atomic E-state index is 11.7. The van der Waals surface area contributed by atoms with Gasteiger partial charge < -0.3 is 9.47 Å². The molecule has 0 unspecified atom stereocenters. The molecule has 1 aromatic heterocycles. The minimum Gasteiger partial charge on any atom is -0.473 e. The van der Waals surface area contributed by atoms with E-state index in [-0.39, 0.29) is 6.61 Å². The first-order chi connectivity index (χ1) is 9.60. The van der Waals surface area contributed by atoms with Crippen molar-refractivity contribution in [3.8, 4) is 5.88 Å². The van der Waals surface area contributed by atoms with Gasteiger partial charge >= 0.3 is 5.97 Å². The number of hydrogen-bond acceptors (Lipinski definition) is 4. The molecular weight excluding hydrogens is 301 g/mol. The molecule has 104 valence electrons. The second-order valence-electron chi connectivity index (χ2n) is 3.88. The average molecular weight is 312 g/mol. The van der Waals surface area contributed by atoms with Gasteiger partial charge in [0.1, 0.15) is 11.8 Å². The molecule has 2 aromatic rings. The van der Waals surface area contributed by atoms with Crippen molar-refractivity contribution in [1.29, 1.82) is 0 Å². The first-order valence-corrected chi connectivity index (χ1v) is 6.48. The lowest BCUT2D eigenvalue weighted by Gasteiger charge is -2.10. The molecule has 0 N–H and O–H groups in total. The van der Waals surface area contributed by atoms with Crippen LogP contribution in [-0.2, 0) is 11.3 Å². The normalized spacial score (nSPS) is 10.2. The second-order valence-corrected chi connectivity index (χ2v) is 4.70. The quantitative estimate of drug-likeness (QED) is 0.637. The van der Waals surface area contributed by atoms with Gasteiger partial charge in [-0.3, -0.25) is 0 Å². The second kappa shape index (κ2) is 6.59. The Bertz CT molecular complexity index is 632. The molecule has 20 heavy (non-hydrogen) atoms. The predicted octanol–water partition coefficient (Wildman–Crippen LogP) is 3.75. The fourth-order valence-electron chi connectivity index (χ4n) is 1.60. The number of methoxy groups -OCH3 is 1. The van der Waals surface area contributed by atoms with Gasteiger partial charge in [-0.05, 0) is 18.2 Å². The molecule has 0 fully saturated rings. The molecule has 0 radical (unpaired) electrons. The number of hydrogen-bond donors (Lipinski definition) is 0. The third-order valence-corrected chi connectivity index (χ3v) is 2.99. The number of benzene rings is 1. The number of ether oxygens (including phenoxy) is 2. The SMILES string of the molecule is COC(=O)c1cc(Cl)ccc1COc1cccc(Cl)n1. The van der Waals surface area contributed by atoms with Gasteiger partial charge in [0.25, 0.3) is 0 Å². The predicted molar refractivity (Wildman–Crippen MR) is 76.4 cm³/mol. The zero-order valence-corrected chi connectivity index (χ0v) is 12.1. The number of aromatic nitrogens is 1. The maximum Gasteiger partial charge on any atom is 0.338 e. The monoisotopic (exact) mass is 311 g/mol. The standard InChI is InChI=1S/C14H11Cl2NO3/c1-19-14(18)11-7-10(15)6-5-9(11)8-20-13-4-2-3-12(16)17-13/h2-7H,8H2,1H3. The van der Waals surface area contributed by atoms with E-state index in [1.54, 1.807) is 30.3 Å². The topological polar surface area (TPSA) is 48.4 Å². The summed E-state index contributed by atoms with van der Waals surface area (Å²) in [5.74, 6) is -0.0894. The van der Waals surface area contributed by atoms with Crippen molar-refractivity contribution in [3.05, 3.63) is 57.7 Å². The summed E-state index contributed by atoms with van der Waals surface area (Å²) in [6, 6.07) is 9.98. The van der Waals surface area contributed by atoms with Crippen LogP contribution in [0.5, 0.6) is 5.88 Å². The van der Waals surface area contributed by atoms with Crippen LogP contribution in [0.2, 0.25) is 10.2 Å². The van der Waals surface area contributed by atoms with E-state index < -0.39 is 5.97 Å². The molecule has 1 aromatic carbocycles. The van der Waals surface area contributed by atoms with Crippen LogP contribution < -0.4 is 4.74 Å². The van der Waals surface area contributed by atoms with Gasteiger partial charge in [0.15, 0.2) is 0 Å². The van der Waals surface area contributed by atoms with E-state index in [1.165, 1.54) is 13.2 Å². The minimum atomic E-state index is -0.467. The van der Waals surface area contributed by atoms with Crippen molar-refractivity contribution >= 4 is 29.2 Å². The lowest BCUT2D eigenvalue weighted by atomic mass is 10.1. The van der Waals surface area contributed by atoms with Crippen LogP contribution in [-0.4, -0.2) is 18.1 Å². The Hall–Kier alpha value is -1.78. The van der Waals surface area contributed by atoms with Gasteiger partial charge in [0.2, 0.25) is 5.88 Å². The van der Waals surface area contributed by atoms with E-state index in [4.69, 9.17) is 32.7 Å². The first kappa shape index (κ1) is 14.6. The van der Waals surface area contributed by atoms with Crippen LogP contribution >= 0.6 is 23.2 Å². The molecule has 0 bridgehead atoms. The summed E-state index contributed by atoms with van der Waals surface area (Å²) in [6.07, 6.45) is 0. The zero-order valence-electron chi connectivity index (χ0n) is 10.6. The summed E-state index contributed by atoms with van der Waals surface area (Å²) in [5.41, 5.74) is 1.02. The van der Waals surface area contributed by atoms with Crippen molar-refractivity contribution in [1.82, 2.24) is 4.98 Å². The van der Waals surface area contributed by atoms with Gasteiger partial charge in [-0.25, -0.2) is 9.78 Å². The summed E-state index contributed by atoms with van der Waals surface area (Å²) in [6.45, 7) is 0.162. The summed E-state index contributed by atoms with van der Waals surface area (Å²) in [4.78, 5) is 15.7. The van der Waals surface area contributed by atoms with Crippen LogP contribution in [0, 0.1) is 0 Å². The first-order valence-electron chi connectivity index (χ1n) is 5.72. The van der Waals surface area contributed by atoms with Crippen molar-refractivity contribution in [2.45, 2.75) is 6.61 Å². The summed E-state index contributed by atoms with van der Waals surface area (Å²) in [7, 11) is 1.31. The molecule has 2 rings (SSSR count). The Labute approximate surface area is 126 Å². The molecule has 0 aliphatic rings. The molecule has 0 saturated carbocycles. The molecule has 6 heteroatoms. The lowest BCUT2D eigenvalue weighted by molar-refractivity contribution is 0.0597.